The lowest BCUT2D eigenvalue weighted by Crippen LogP contribution is -2.37. The fourth-order valence-electron chi connectivity index (χ4n) is 2.16. The van der Waals surface area contributed by atoms with Crippen LogP contribution in [0.3, 0.4) is 0 Å². The largest absolute Gasteiger partial charge is 0.416 e. The number of anilines is 1. The van der Waals surface area contributed by atoms with E-state index in [4.69, 9.17) is 4.74 Å². The number of carbonyl (C=O) groups excluding carboxylic acids is 2. The molecule has 0 saturated heterocycles. The molecule has 2 rings (SSSR count). The number of amides is 2. The second-order valence-corrected chi connectivity index (χ2v) is 6.43. The molecular weight excluding hydrogens is 357 g/mol. The summed E-state index contributed by atoms with van der Waals surface area (Å²) >= 11 is 0.950. The molecule has 1 aromatic rings. The Labute approximate surface area is 147 Å². The second-order valence-electron chi connectivity index (χ2n) is 5.34. The Morgan fingerprint density at radius 1 is 1.44 bits per heavy atom. The van der Waals surface area contributed by atoms with Crippen molar-refractivity contribution < 1.29 is 27.5 Å². The van der Waals surface area contributed by atoms with Gasteiger partial charge in [0.2, 0.25) is 5.91 Å². The van der Waals surface area contributed by atoms with Crippen molar-refractivity contribution >= 4 is 29.3 Å². The lowest BCUT2D eigenvalue weighted by atomic mass is 10.2. The van der Waals surface area contributed by atoms with Gasteiger partial charge in [0.25, 0.3) is 5.91 Å². The van der Waals surface area contributed by atoms with Crippen LogP contribution in [0.2, 0.25) is 0 Å². The van der Waals surface area contributed by atoms with Gasteiger partial charge in [-0.2, -0.15) is 13.2 Å². The number of thioether (sulfide) groups is 1. The second kappa shape index (κ2) is 7.92. The van der Waals surface area contributed by atoms with E-state index in [9.17, 15) is 22.8 Å². The van der Waals surface area contributed by atoms with Gasteiger partial charge in [-0.25, -0.2) is 0 Å². The number of fused-ring (bicyclic) bond motifs is 1. The highest BCUT2D eigenvalue weighted by molar-refractivity contribution is 8.04. The van der Waals surface area contributed by atoms with Crippen LogP contribution in [-0.4, -0.2) is 31.6 Å². The Morgan fingerprint density at radius 3 is 2.76 bits per heavy atom. The highest BCUT2D eigenvalue weighted by Gasteiger charge is 2.32. The van der Waals surface area contributed by atoms with E-state index in [-0.39, 0.29) is 16.6 Å². The van der Waals surface area contributed by atoms with Gasteiger partial charge >= 0.3 is 6.18 Å². The van der Waals surface area contributed by atoms with Crippen molar-refractivity contribution in [2.24, 2.45) is 0 Å². The quantitative estimate of drug-likeness (QED) is 0.777. The summed E-state index contributed by atoms with van der Waals surface area (Å²) in [6.45, 7) is 2.22. The van der Waals surface area contributed by atoms with Gasteiger partial charge in [0, 0.05) is 18.1 Å². The highest BCUT2D eigenvalue weighted by atomic mass is 32.2. The standard InChI is InChI=1S/C16H17F3N2O3S/c1-3-10(8-24-2)20-14(22)7-13-15(23)21-11-6-9(16(17,18)19)4-5-12(11)25-13/h4-7,10H,3,8H2,1-2H3,(H,20,22)(H,21,23)/b13-7-/t10-/m0/s1. The lowest BCUT2D eigenvalue weighted by Gasteiger charge is -2.20. The van der Waals surface area contributed by atoms with Crippen LogP contribution in [-0.2, 0) is 20.5 Å². The summed E-state index contributed by atoms with van der Waals surface area (Å²) in [5.74, 6) is -1.08. The smallest absolute Gasteiger partial charge is 0.383 e. The summed E-state index contributed by atoms with van der Waals surface area (Å²) in [5.41, 5.74) is -0.768. The molecule has 2 N–H and O–H groups in total. The van der Waals surface area contributed by atoms with Gasteiger partial charge in [-0.15, -0.1) is 0 Å². The number of nitrogens with one attached hydrogen (secondary N) is 2. The van der Waals surface area contributed by atoms with E-state index in [1.54, 1.807) is 0 Å². The fourth-order valence-corrected chi connectivity index (χ4v) is 3.06. The Hall–Kier alpha value is -2.00. The maximum atomic E-state index is 12.7. The third kappa shape index (κ3) is 4.99. The van der Waals surface area contributed by atoms with Crippen molar-refractivity contribution in [1.82, 2.24) is 5.32 Å². The van der Waals surface area contributed by atoms with Crippen molar-refractivity contribution in [3.63, 3.8) is 0 Å². The first-order valence-electron chi connectivity index (χ1n) is 7.46. The number of methoxy groups -OCH3 is 1. The number of alkyl halides is 3. The molecular formula is C16H17F3N2O3S. The lowest BCUT2D eigenvalue weighted by molar-refractivity contribution is -0.137. The van der Waals surface area contributed by atoms with Gasteiger partial charge in [0.15, 0.2) is 0 Å². The molecule has 1 aromatic carbocycles. The average Bonchev–Trinajstić information content (AvgIpc) is 2.53. The molecule has 0 saturated carbocycles. The molecule has 9 heteroatoms. The number of ether oxygens (including phenoxy) is 1. The molecule has 0 bridgehead atoms. The SMILES string of the molecule is CC[C@@H](COC)NC(=O)/C=C1\Sc2ccc(C(F)(F)F)cc2NC1=O. The molecule has 0 radical (unpaired) electrons. The maximum Gasteiger partial charge on any atom is 0.416 e. The Balaban J connectivity index is 2.16. The molecule has 0 fully saturated rings. The van der Waals surface area contributed by atoms with Crippen LogP contribution in [0.4, 0.5) is 18.9 Å². The molecule has 0 spiro atoms. The molecule has 1 aliphatic rings. The minimum absolute atomic E-state index is 0.0770. The van der Waals surface area contributed by atoms with Crippen LogP contribution in [0, 0.1) is 0 Å². The Kier molecular flexibility index (Phi) is 6.12. The van der Waals surface area contributed by atoms with E-state index in [1.807, 2.05) is 6.92 Å². The monoisotopic (exact) mass is 374 g/mol. The van der Waals surface area contributed by atoms with Gasteiger partial charge < -0.3 is 15.4 Å². The van der Waals surface area contributed by atoms with Crippen LogP contribution in [0.5, 0.6) is 0 Å². The fraction of sp³-hybridized carbons (Fsp3) is 0.375. The highest BCUT2D eigenvalue weighted by Crippen LogP contribution is 2.41. The minimum atomic E-state index is -4.49. The molecule has 25 heavy (non-hydrogen) atoms. The van der Waals surface area contributed by atoms with Crippen LogP contribution in [0.1, 0.15) is 18.9 Å². The van der Waals surface area contributed by atoms with E-state index in [2.05, 4.69) is 10.6 Å². The third-order valence-corrected chi connectivity index (χ3v) is 4.57. The number of hydrogen-bond donors (Lipinski definition) is 2. The zero-order chi connectivity index (χ0) is 18.6. The number of benzene rings is 1. The zero-order valence-electron chi connectivity index (χ0n) is 13.6. The predicted molar refractivity (Wildman–Crippen MR) is 88.1 cm³/mol. The molecule has 0 aromatic heterocycles. The van der Waals surface area contributed by atoms with E-state index in [0.717, 1.165) is 30.0 Å². The summed E-state index contributed by atoms with van der Waals surface area (Å²) in [4.78, 5) is 24.6. The number of halogens is 3. The van der Waals surface area contributed by atoms with Crippen molar-refractivity contribution in [2.45, 2.75) is 30.5 Å². The number of carbonyl (C=O) groups is 2. The molecule has 1 heterocycles. The van der Waals surface area contributed by atoms with Gasteiger partial charge in [-0.1, -0.05) is 18.7 Å². The summed E-state index contributed by atoms with van der Waals surface area (Å²) in [7, 11) is 1.52. The molecule has 1 aliphatic heterocycles. The van der Waals surface area contributed by atoms with Crippen LogP contribution in [0.15, 0.2) is 34.1 Å². The molecule has 5 nitrogen and oxygen atoms in total. The summed E-state index contributed by atoms with van der Waals surface area (Å²) in [6.07, 6.45) is -2.69. The maximum absolute atomic E-state index is 12.7. The van der Waals surface area contributed by atoms with Crippen molar-refractivity contribution in [3.05, 3.63) is 34.7 Å². The average molecular weight is 374 g/mol. The molecule has 0 unspecified atom stereocenters. The molecule has 2 amide bonds. The number of rotatable bonds is 5. The van der Waals surface area contributed by atoms with Crippen LogP contribution < -0.4 is 10.6 Å². The van der Waals surface area contributed by atoms with Gasteiger partial charge in [-0.05, 0) is 24.6 Å². The van der Waals surface area contributed by atoms with Crippen molar-refractivity contribution in [3.8, 4) is 0 Å². The van der Waals surface area contributed by atoms with Gasteiger partial charge in [0.1, 0.15) is 0 Å². The minimum Gasteiger partial charge on any atom is -0.383 e. The Morgan fingerprint density at radius 2 is 2.16 bits per heavy atom. The first-order chi connectivity index (χ1) is 11.7. The van der Waals surface area contributed by atoms with E-state index >= 15 is 0 Å². The topological polar surface area (TPSA) is 67.4 Å². The molecule has 136 valence electrons. The molecule has 1 atom stereocenters. The first-order valence-corrected chi connectivity index (χ1v) is 8.27. The Bertz CT molecular complexity index is 704. The zero-order valence-corrected chi connectivity index (χ0v) is 14.4. The number of hydrogen-bond acceptors (Lipinski definition) is 4. The van der Waals surface area contributed by atoms with Crippen molar-refractivity contribution in [2.75, 3.05) is 19.0 Å². The van der Waals surface area contributed by atoms with Crippen LogP contribution in [0.25, 0.3) is 0 Å². The van der Waals surface area contributed by atoms with Gasteiger partial charge in [0.05, 0.1) is 28.8 Å². The van der Waals surface area contributed by atoms with Gasteiger partial charge in [-0.3, -0.25) is 9.59 Å². The first kappa shape index (κ1) is 19.3. The summed E-state index contributed by atoms with van der Waals surface area (Å²) in [5, 5.41) is 5.09. The van der Waals surface area contributed by atoms with Crippen LogP contribution >= 0.6 is 11.8 Å². The third-order valence-electron chi connectivity index (χ3n) is 3.47. The van der Waals surface area contributed by atoms with Crippen molar-refractivity contribution in [1.29, 1.82) is 0 Å². The summed E-state index contributed by atoms with van der Waals surface area (Å²) in [6, 6.07) is 2.90. The molecule has 0 aliphatic carbocycles. The van der Waals surface area contributed by atoms with E-state index < -0.39 is 23.6 Å². The predicted octanol–water partition coefficient (Wildman–Crippen LogP) is 3.17. The van der Waals surface area contributed by atoms with E-state index in [1.165, 1.54) is 13.2 Å². The van der Waals surface area contributed by atoms with E-state index in [0.29, 0.717) is 17.9 Å². The normalized spacial score (nSPS) is 17.0. The summed E-state index contributed by atoms with van der Waals surface area (Å²) < 4.78 is 43.2.